The third-order valence-corrected chi connectivity index (χ3v) is 4.15. The highest BCUT2D eigenvalue weighted by Crippen LogP contribution is 2.23. The van der Waals surface area contributed by atoms with Gasteiger partial charge in [-0.15, -0.1) is 10.2 Å². The predicted octanol–water partition coefficient (Wildman–Crippen LogP) is 3.39. The number of carbonyl (C=O) groups is 1. The van der Waals surface area contributed by atoms with Crippen LogP contribution in [0.15, 0.2) is 52.4 Å². The van der Waals surface area contributed by atoms with E-state index in [1.54, 1.807) is 36.7 Å². The molecule has 25 heavy (non-hydrogen) atoms. The van der Waals surface area contributed by atoms with Crippen molar-refractivity contribution >= 4 is 35.0 Å². The van der Waals surface area contributed by atoms with Crippen molar-refractivity contribution in [2.24, 2.45) is 0 Å². The largest absolute Gasteiger partial charge is 0.411 e. The molecule has 0 spiro atoms. The van der Waals surface area contributed by atoms with E-state index in [1.807, 2.05) is 6.07 Å². The molecule has 1 amide bonds. The van der Waals surface area contributed by atoms with Crippen molar-refractivity contribution in [2.45, 2.75) is 5.22 Å². The van der Waals surface area contributed by atoms with Crippen molar-refractivity contribution in [3.05, 3.63) is 53.3 Å². The third-order valence-electron chi connectivity index (χ3n) is 3.01. The molecule has 0 radical (unpaired) electrons. The summed E-state index contributed by atoms with van der Waals surface area (Å²) in [7, 11) is 0. The highest BCUT2D eigenvalue weighted by atomic mass is 35.5. The lowest BCUT2D eigenvalue weighted by molar-refractivity contribution is -0.113. The van der Waals surface area contributed by atoms with Crippen LogP contribution in [0.25, 0.3) is 11.5 Å². The van der Waals surface area contributed by atoms with Gasteiger partial charge in [0.15, 0.2) is 0 Å². The number of halogens is 1. The van der Waals surface area contributed by atoms with Crippen molar-refractivity contribution in [3.63, 3.8) is 0 Å². The van der Waals surface area contributed by atoms with E-state index < -0.39 is 0 Å². The second kappa shape index (κ2) is 7.79. The Morgan fingerprint density at radius 3 is 2.96 bits per heavy atom. The van der Waals surface area contributed by atoms with Gasteiger partial charge in [-0.2, -0.15) is 5.26 Å². The second-order valence-electron chi connectivity index (χ2n) is 4.76. The van der Waals surface area contributed by atoms with Crippen LogP contribution in [0.3, 0.4) is 0 Å². The minimum absolute atomic E-state index is 0.0896. The number of aromatic nitrogens is 3. The van der Waals surface area contributed by atoms with Crippen LogP contribution in [-0.2, 0) is 4.79 Å². The van der Waals surface area contributed by atoms with E-state index in [4.69, 9.17) is 21.3 Å². The van der Waals surface area contributed by atoms with Crippen molar-refractivity contribution < 1.29 is 9.21 Å². The molecule has 3 aromatic rings. The summed E-state index contributed by atoms with van der Waals surface area (Å²) >= 11 is 7.05. The van der Waals surface area contributed by atoms with Gasteiger partial charge in [0.25, 0.3) is 5.22 Å². The average molecular weight is 372 g/mol. The Kier molecular flexibility index (Phi) is 5.28. The van der Waals surface area contributed by atoms with Crippen LogP contribution in [0.2, 0.25) is 5.02 Å². The van der Waals surface area contributed by atoms with Gasteiger partial charge in [0.1, 0.15) is 6.07 Å². The first kappa shape index (κ1) is 17.0. The number of thioether (sulfide) groups is 1. The Morgan fingerprint density at radius 2 is 2.24 bits per heavy atom. The molecule has 124 valence electrons. The highest BCUT2D eigenvalue weighted by molar-refractivity contribution is 7.99. The monoisotopic (exact) mass is 371 g/mol. The number of nitrogens with zero attached hydrogens (tertiary/aromatic N) is 4. The second-order valence-corrected chi connectivity index (χ2v) is 6.09. The van der Waals surface area contributed by atoms with Gasteiger partial charge in [-0.1, -0.05) is 23.4 Å². The Morgan fingerprint density at radius 1 is 1.36 bits per heavy atom. The van der Waals surface area contributed by atoms with E-state index in [-0.39, 0.29) is 21.9 Å². The van der Waals surface area contributed by atoms with Gasteiger partial charge in [0, 0.05) is 18.1 Å². The average Bonchev–Trinajstić information content (AvgIpc) is 3.10. The fourth-order valence-corrected chi connectivity index (χ4v) is 2.67. The number of nitriles is 1. The maximum absolute atomic E-state index is 12.0. The number of benzene rings is 1. The number of amides is 1. The smallest absolute Gasteiger partial charge is 0.277 e. The number of hydrogen-bond donors (Lipinski definition) is 1. The normalized spacial score (nSPS) is 10.2. The van der Waals surface area contributed by atoms with E-state index in [9.17, 15) is 4.79 Å². The minimum atomic E-state index is -0.257. The number of anilines is 1. The molecule has 1 aromatic carbocycles. The molecular formula is C16H10ClN5O2S. The fraction of sp³-hybridized carbons (Fsp3) is 0.0625. The third kappa shape index (κ3) is 4.35. The molecule has 2 heterocycles. The Balaban J connectivity index is 1.57. The first-order valence-electron chi connectivity index (χ1n) is 7.02. The molecule has 0 bridgehead atoms. The van der Waals surface area contributed by atoms with Gasteiger partial charge in [-0.3, -0.25) is 9.78 Å². The first-order valence-corrected chi connectivity index (χ1v) is 8.38. The van der Waals surface area contributed by atoms with Crippen molar-refractivity contribution in [1.29, 1.82) is 5.26 Å². The zero-order chi connectivity index (χ0) is 17.6. The van der Waals surface area contributed by atoms with E-state index in [0.29, 0.717) is 22.7 Å². The number of pyridine rings is 1. The summed E-state index contributed by atoms with van der Waals surface area (Å²) in [6.45, 7) is 0. The molecule has 0 aliphatic heterocycles. The summed E-state index contributed by atoms with van der Waals surface area (Å²) in [6, 6.07) is 10.2. The number of rotatable bonds is 5. The molecular weight excluding hydrogens is 362 g/mol. The predicted molar refractivity (Wildman–Crippen MR) is 93.0 cm³/mol. The van der Waals surface area contributed by atoms with Crippen molar-refractivity contribution in [2.75, 3.05) is 11.1 Å². The van der Waals surface area contributed by atoms with E-state index in [2.05, 4.69) is 20.5 Å². The summed E-state index contributed by atoms with van der Waals surface area (Å²) in [4.78, 5) is 16.0. The van der Waals surface area contributed by atoms with Crippen LogP contribution < -0.4 is 5.32 Å². The van der Waals surface area contributed by atoms with Crippen LogP contribution in [-0.4, -0.2) is 26.8 Å². The standard InChI is InChI=1S/C16H10ClN5O2S/c17-13-6-12(4-3-10(13)7-18)20-14(23)9-25-16-22-21-15(24-16)11-2-1-5-19-8-11/h1-6,8H,9H2,(H,20,23). The molecule has 0 aliphatic rings. The Hall–Kier alpha value is -2.89. The lowest BCUT2D eigenvalue weighted by atomic mass is 10.2. The van der Waals surface area contributed by atoms with Gasteiger partial charge < -0.3 is 9.73 Å². The van der Waals surface area contributed by atoms with Gasteiger partial charge in [-0.05, 0) is 30.3 Å². The number of nitrogens with one attached hydrogen (secondary N) is 1. The van der Waals surface area contributed by atoms with Crippen LogP contribution in [0.4, 0.5) is 5.69 Å². The molecule has 7 nitrogen and oxygen atoms in total. The first-order chi connectivity index (χ1) is 12.2. The molecule has 2 aromatic heterocycles. The molecule has 0 aliphatic carbocycles. The summed E-state index contributed by atoms with van der Waals surface area (Å²) in [5.41, 5.74) is 1.57. The van der Waals surface area contributed by atoms with Gasteiger partial charge in [0.05, 0.1) is 21.9 Å². The molecule has 0 unspecified atom stereocenters. The van der Waals surface area contributed by atoms with Crippen molar-refractivity contribution in [3.8, 4) is 17.5 Å². The van der Waals surface area contributed by atoms with Gasteiger partial charge in [-0.25, -0.2) is 0 Å². The molecule has 0 saturated carbocycles. The van der Waals surface area contributed by atoms with Gasteiger partial charge in [0.2, 0.25) is 11.8 Å². The fourth-order valence-electron chi connectivity index (χ4n) is 1.88. The zero-order valence-corrected chi connectivity index (χ0v) is 14.2. The summed E-state index contributed by atoms with van der Waals surface area (Å²) in [5, 5.41) is 19.9. The molecule has 1 N–H and O–H groups in total. The quantitative estimate of drug-likeness (QED) is 0.685. The van der Waals surface area contributed by atoms with Gasteiger partial charge >= 0.3 is 0 Å². The lowest BCUT2D eigenvalue weighted by Gasteiger charge is -2.05. The molecule has 0 saturated heterocycles. The Bertz CT molecular complexity index is 939. The SMILES string of the molecule is N#Cc1ccc(NC(=O)CSc2nnc(-c3cccnc3)o2)cc1Cl. The summed E-state index contributed by atoms with van der Waals surface area (Å²) < 4.78 is 5.48. The highest BCUT2D eigenvalue weighted by Gasteiger charge is 2.12. The topological polar surface area (TPSA) is 105 Å². The van der Waals surface area contributed by atoms with Crippen molar-refractivity contribution in [1.82, 2.24) is 15.2 Å². The van der Waals surface area contributed by atoms with E-state index >= 15 is 0 Å². The van der Waals surface area contributed by atoms with Crippen LogP contribution >= 0.6 is 23.4 Å². The summed E-state index contributed by atoms with van der Waals surface area (Å²) in [5.74, 6) is 0.175. The maximum Gasteiger partial charge on any atom is 0.277 e. The maximum atomic E-state index is 12.0. The van der Waals surface area contributed by atoms with E-state index in [0.717, 1.165) is 11.8 Å². The lowest BCUT2D eigenvalue weighted by Crippen LogP contribution is -2.14. The molecule has 0 fully saturated rings. The minimum Gasteiger partial charge on any atom is -0.411 e. The molecule has 3 rings (SSSR count). The van der Waals surface area contributed by atoms with E-state index in [1.165, 1.54) is 6.07 Å². The molecule has 9 heteroatoms. The zero-order valence-electron chi connectivity index (χ0n) is 12.6. The molecule has 0 atom stereocenters. The van der Waals surface area contributed by atoms with Crippen LogP contribution in [0, 0.1) is 11.3 Å². The van der Waals surface area contributed by atoms with Crippen LogP contribution in [0.1, 0.15) is 5.56 Å². The van der Waals surface area contributed by atoms with Crippen LogP contribution in [0.5, 0.6) is 0 Å². The number of hydrogen-bond acceptors (Lipinski definition) is 7. The Labute approximate surface area is 152 Å². The number of carbonyl (C=O) groups excluding carboxylic acids is 1. The summed E-state index contributed by atoms with van der Waals surface area (Å²) in [6.07, 6.45) is 3.26.